The molecule has 8 nitrogen and oxygen atoms in total. The van der Waals surface area contributed by atoms with Crippen molar-refractivity contribution in [2.24, 2.45) is 21.7 Å². The zero-order valence-corrected chi connectivity index (χ0v) is 16.3. The van der Waals surface area contributed by atoms with Crippen molar-refractivity contribution < 1.29 is 0 Å². The number of nitrogens with two attached hydrogens (primary N) is 2. The third-order valence-electron chi connectivity index (χ3n) is 4.90. The van der Waals surface area contributed by atoms with E-state index in [1.807, 2.05) is 49.5 Å². The third kappa shape index (κ3) is 4.32. The summed E-state index contributed by atoms with van der Waals surface area (Å²) in [6.45, 7) is 1.74. The summed E-state index contributed by atoms with van der Waals surface area (Å²) in [5.74, 6) is -0.0418. The van der Waals surface area contributed by atoms with Gasteiger partial charge in [0, 0.05) is 50.5 Å². The highest BCUT2D eigenvalue weighted by atomic mass is 15.3. The van der Waals surface area contributed by atoms with Crippen molar-refractivity contribution in [1.82, 2.24) is 9.47 Å². The van der Waals surface area contributed by atoms with Gasteiger partial charge in [0.15, 0.2) is 0 Å². The van der Waals surface area contributed by atoms with Gasteiger partial charge in [-0.1, -0.05) is 0 Å². The Morgan fingerprint density at radius 1 is 1.36 bits per heavy atom. The summed E-state index contributed by atoms with van der Waals surface area (Å²) < 4.78 is 2.08. The van der Waals surface area contributed by atoms with E-state index in [4.69, 9.17) is 11.5 Å². The molecule has 1 aromatic heterocycles. The fourth-order valence-corrected chi connectivity index (χ4v) is 3.48. The number of hydrogen-bond donors (Lipinski definition) is 2. The molecule has 1 unspecified atom stereocenters. The van der Waals surface area contributed by atoms with Crippen molar-refractivity contribution in [3.05, 3.63) is 47.8 Å². The Kier molecular flexibility index (Phi) is 5.96. The molecule has 1 aliphatic rings. The van der Waals surface area contributed by atoms with Gasteiger partial charge in [0.25, 0.3) is 0 Å². The molecular weight excluding hydrogens is 352 g/mol. The number of anilines is 1. The van der Waals surface area contributed by atoms with Crippen molar-refractivity contribution in [1.29, 1.82) is 5.26 Å². The molecule has 0 bridgehead atoms. The van der Waals surface area contributed by atoms with Gasteiger partial charge in [0.1, 0.15) is 6.07 Å². The fourth-order valence-electron chi connectivity index (χ4n) is 3.48. The maximum Gasteiger partial charge on any atom is 0.211 e. The van der Waals surface area contributed by atoms with Crippen LogP contribution in [0.15, 0.2) is 46.7 Å². The first-order valence-electron chi connectivity index (χ1n) is 9.24. The van der Waals surface area contributed by atoms with Gasteiger partial charge in [-0.25, -0.2) is 0 Å². The van der Waals surface area contributed by atoms with E-state index in [-0.39, 0.29) is 12.0 Å². The molecule has 1 saturated heterocycles. The minimum absolute atomic E-state index is 0.0418. The molecule has 0 saturated carbocycles. The minimum atomic E-state index is -0.0418. The van der Waals surface area contributed by atoms with Crippen LogP contribution in [0.4, 0.5) is 5.69 Å². The van der Waals surface area contributed by atoms with E-state index in [1.54, 1.807) is 6.21 Å². The van der Waals surface area contributed by atoms with E-state index in [9.17, 15) is 5.26 Å². The van der Waals surface area contributed by atoms with Gasteiger partial charge in [-0.15, -0.1) is 5.10 Å². The molecule has 1 fully saturated rings. The van der Waals surface area contributed by atoms with Gasteiger partial charge in [0.2, 0.25) is 5.96 Å². The molecule has 28 heavy (non-hydrogen) atoms. The highest BCUT2D eigenvalue weighted by molar-refractivity contribution is 5.76. The monoisotopic (exact) mass is 378 g/mol. The fraction of sp³-hybridized carbons (Fsp3) is 0.350. The number of nitrogens with zero attached hydrogens (tertiary/aromatic N) is 6. The Labute approximate surface area is 165 Å². The van der Waals surface area contributed by atoms with Gasteiger partial charge in [-0.2, -0.15) is 10.4 Å². The molecule has 1 aromatic carbocycles. The van der Waals surface area contributed by atoms with Crippen LogP contribution in [0.25, 0.3) is 5.69 Å². The maximum absolute atomic E-state index is 9.64. The van der Waals surface area contributed by atoms with Crippen LogP contribution in [0, 0.1) is 11.3 Å². The zero-order valence-electron chi connectivity index (χ0n) is 16.3. The number of guanidine groups is 1. The number of hydrogen-bond acceptors (Lipinski definition) is 5. The van der Waals surface area contributed by atoms with E-state index in [0.717, 1.165) is 43.0 Å². The quantitative estimate of drug-likeness (QED) is 0.451. The van der Waals surface area contributed by atoms with Gasteiger partial charge in [0.05, 0.1) is 11.3 Å². The topological polar surface area (TPSA) is 112 Å². The predicted octanol–water partition coefficient (Wildman–Crippen LogP) is 1.64. The minimum Gasteiger partial charge on any atom is -0.378 e. The molecular formula is C20H26N8. The molecule has 8 heteroatoms. The van der Waals surface area contributed by atoms with Crippen LogP contribution in [0.5, 0.6) is 0 Å². The summed E-state index contributed by atoms with van der Waals surface area (Å²) >= 11 is 0. The number of likely N-dealkylation sites (tertiary alicyclic amines) is 1. The average Bonchev–Trinajstić information content (AvgIpc) is 3.31. The maximum atomic E-state index is 9.64. The first-order chi connectivity index (χ1) is 13.5. The average molecular weight is 378 g/mol. The molecule has 1 atom stereocenters. The summed E-state index contributed by atoms with van der Waals surface area (Å²) in [4.78, 5) is 4.34. The second-order valence-corrected chi connectivity index (χ2v) is 7.05. The van der Waals surface area contributed by atoms with Gasteiger partial charge < -0.3 is 20.9 Å². The lowest BCUT2D eigenvalue weighted by molar-refractivity contribution is 0.292. The standard InChI is InChI=1S/C20H26N8/c1-26(2)16-7-8-19(15(11-16)12-21)28-10-4-6-18(28)14-27-9-3-5-17(27)13-24-25-20(22)23/h4,6-8,10-11,13,17H,3,5,9,14H2,1-2H3,(H4,22,23,25)/b24-13+. The summed E-state index contributed by atoms with van der Waals surface area (Å²) in [5, 5.41) is 17.3. The van der Waals surface area contributed by atoms with Crippen LogP contribution in [0.2, 0.25) is 0 Å². The largest absolute Gasteiger partial charge is 0.378 e. The molecule has 2 heterocycles. The molecule has 1 aliphatic heterocycles. The predicted molar refractivity (Wildman–Crippen MR) is 113 cm³/mol. The molecule has 0 aliphatic carbocycles. The van der Waals surface area contributed by atoms with Crippen molar-refractivity contribution in [3.8, 4) is 11.8 Å². The molecule has 0 spiro atoms. The number of nitriles is 1. The Balaban J connectivity index is 1.84. The molecule has 4 N–H and O–H groups in total. The SMILES string of the molecule is CN(C)c1ccc(-n2cccc2CN2CCCC2/C=N/N=C(N)N)c(C#N)c1. The highest BCUT2D eigenvalue weighted by Crippen LogP contribution is 2.25. The van der Waals surface area contributed by atoms with E-state index >= 15 is 0 Å². The van der Waals surface area contributed by atoms with Crippen LogP contribution >= 0.6 is 0 Å². The molecule has 146 valence electrons. The smallest absolute Gasteiger partial charge is 0.211 e. The summed E-state index contributed by atoms with van der Waals surface area (Å²) in [6, 6.07) is 12.6. The zero-order chi connectivity index (χ0) is 20.1. The van der Waals surface area contributed by atoms with Crippen LogP contribution in [-0.4, -0.2) is 48.3 Å². The van der Waals surface area contributed by atoms with E-state index in [0.29, 0.717) is 5.56 Å². The Morgan fingerprint density at radius 2 is 2.18 bits per heavy atom. The van der Waals surface area contributed by atoms with Gasteiger partial charge >= 0.3 is 0 Å². The van der Waals surface area contributed by atoms with E-state index < -0.39 is 0 Å². The Bertz CT molecular complexity index is 915. The Hall–Kier alpha value is -3.31. The first kappa shape index (κ1) is 19.5. The van der Waals surface area contributed by atoms with Gasteiger partial charge in [-0.3, -0.25) is 4.90 Å². The van der Waals surface area contributed by atoms with Crippen LogP contribution < -0.4 is 16.4 Å². The van der Waals surface area contributed by atoms with Crippen LogP contribution in [-0.2, 0) is 6.54 Å². The number of benzene rings is 1. The highest BCUT2D eigenvalue weighted by Gasteiger charge is 2.24. The molecule has 0 radical (unpaired) electrons. The van der Waals surface area contributed by atoms with Crippen molar-refractivity contribution in [3.63, 3.8) is 0 Å². The molecule has 3 rings (SSSR count). The summed E-state index contributed by atoms with van der Waals surface area (Å²) in [7, 11) is 3.93. The van der Waals surface area contributed by atoms with Crippen molar-refractivity contribution in [2.75, 3.05) is 25.5 Å². The summed E-state index contributed by atoms with van der Waals surface area (Å²) in [5.41, 5.74) is 14.3. The lowest BCUT2D eigenvalue weighted by Gasteiger charge is -2.22. The first-order valence-corrected chi connectivity index (χ1v) is 9.24. The lowest BCUT2D eigenvalue weighted by atomic mass is 10.1. The molecule has 2 aromatic rings. The van der Waals surface area contributed by atoms with Crippen molar-refractivity contribution in [2.45, 2.75) is 25.4 Å². The second-order valence-electron chi connectivity index (χ2n) is 7.05. The van der Waals surface area contributed by atoms with E-state index in [2.05, 4.69) is 31.8 Å². The van der Waals surface area contributed by atoms with Crippen molar-refractivity contribution >= 4 is 17.9 Å². The van der Waals surface area contributed by atoms with Crippen LogP contribution in [0.1, 0.15) is 24.1 Å². The van der Waals surface area contributed by atoms with E-state index in [1.165, 1.54) is 0 Å². The van der Waals surface area contributed by atoms with Gasteiger partial charge in [-0.05, 0) is 49.7 Å². The Morgan fingerprint density at radius 3 is 2.89 bits per heavy atom. The third-order valence-corrected chi connectivity index (χ3v) is 4.90. The second kappa shape index (κ2) is 8.59. The molecule has 0 amide bonds. The normalized spacial score (nSPS) is 17.0. The number of aromatic nitrogens is 1. The number of rotatable bonds is 6. The van der Waals surface area contributed by atoms with Crippen LogP contribution in [0.3, 0.4) is 0 Å². The lowest BCUT2D eigenvalue weighted by Crippen LogP contribution is -2.31. The summed E-state index contributed by atoms with van der Waals surface area (Å²) in [6.07, 6.45) is 5.91.